The second-order valence-electron chi connectivity index (χ2n) is 4.16. The molecule has 1 rings (SSSR count). The maximum absolute atomic E-state index is 11.5. The van der Waals surface area contributed by atoms with Crippen molar-refractivity contribution in [1.82, 2.24) is 10.6 Å². The number of hydrogen-bond acceptors (Lipinski definition) is 3. The van der Waals surface area contributed by atoms with Gasteiger partial charge >= 0.3 is 12.0 Å². The van der Waals surface area contributed by atoms with E-state index < -0.39 is 30.4 Å². The predicted molar refractivity (Wildman–Crippen MR) is 59.2 cm³/mol. The van der Waals surface area contributed by atoms with Crippen LogP contribution in [0.1, 0.15) is 32.1 Å². The minimum absolute atomic E-state index is 0.0954. The number of hydrogen-bond donors (Lipinski definition) is 4. The van der Waals surface area contributed by atoms with Crippen LogP contribution in [0.15, 0.2) is 0 Å². The number of amides is 3. The van der Waals surface area contributed by atoms with Crippen molar-refractivity contribution in [3.8, 4) is 0 Å². The smallest absolute Gasteiger partial charge is 0.326 e. The Balaban J connectivity index is 2.40. The van der Waals surface area contributed by atoms with Gasteiger partial charge in [-0.05, 0) is 12.8 Å². The number of nitrogens with one attached hydrogen (secondary N) is 2. The molecule has 0 spiro atoms. The first-order chi connectivity index (χ1) is 7.99. The highest BCUT2D eigenvalue weighted by Gasteiger charge is 2.24. The van der Waals surface area contributed by atoms with E-state index in [4.69, 9.17) is 10.8 Å². The van der Waals surface area contributed by atoms with E-state index in [0.29, 0.717) is 0 Å². The Morgan fingerprint density at radius 1 is 1.29 bits per heavy atom. The molecule has 1 aliphatic rings. The van der Waals surface area contributed by atoms with Crippen LogP contribution < -0.4 is 16.4 Å². The molecule has 1 saturated carbocycles. The van der Waals surface area contributed by atoms with Crippen molar-refractivity contribution in [2.75, 3.05) is 0 Å². The number of primary amides is 1. The normalized spacial score (nSPS) is 17.4. The summed E-state index contributed by atoms with van der Waals surface area (Å²) in [6.07, 6.45) is 3.53. The molecule has 17 heavy (non-hydrogen) atoms. The number of carboxylic acid groups (broad SMARTS) is 1. The first-order valence-electron chi connectivity index (χ1n) is 5.57. The van der Waals surface area contributed by atoms with Gasteiger partial charge in [0.05, 0.1) is 6.42 Å². The second kappa shape index (κ2) is 6.07. The van der Waals surface area contributed by atoms with Crippen molar-refractivity contribution in [2.45, 2.75) is 44.2 Å². The Morgan fingerprint density at radius 3 is 2.35 bits per heavy atom. The summed E-state index contributed by atoms with van der Waals surface area (Å²) >= 11 is 0. The van der Waals surface area contributed by atoms with E-state index >= 15 is 0 Å². The summed E-state index contributed by atoms with van der Waals surface area (Å²) in [7, 11) is 0. The molecule has 0 aromatic heterocycles. The maximum atomic E-state index is 11.5. The standard InChI is InChI=1S/C10H17N3O4/c11-8(14)5-7(9(15)16)13-10(17)12-6-3-1-2-4-6/h6-7H,1-5H2,(H2,11,14)(H,15,16)(H2,12,13,17)/t7-/m0/s1. The molecule has 1 aliphatic carbocycles. The molecule has 1 atom stereocenters. The lowest BCUT2D eigenvalue weighted by molar-refractivity contribution is -0.140. The monoisotopic (exact) mass is 243 g/mol. The highest BCUT2D eigenvalue weighted by molar-refractivity contribution is 5.87. The molecule has 7 nitrogen and oxygen atoms in total. The molecule has 96 valence electrons. The minimum atomic E-state index is -1.27. The number of rotatable bonds is 5. The molecule has 1 fully saturated rings. The van der Waals surface area contributed by atoms with E-state index in [1.54, 1.807) is 0 Å². The summed E-state index contributed by atoms with van der Waals surface area (Å²) in [5.74, 6) is -2.04. The van der Waals surface area contributed by atoms with Crippen molar-refractivity contribution in [3.63, 3.8) is 0 Å². The van der Waals surface area contributed by atoms with Gasteiger partial charge in [0.25, 0.3) is 0 Å². The number of aliphatic carboxylic acids is 1. The lowest BCUT2D eigenvalue weighted by Crippen LogP contribution is -2.49. The van der Waals surface area contributed by atoms with Gasteiger partial charge in [-0.2, -0.15) is 0 Å². The summed E-state index contributed by atoms with van der Waals surface area (Å²) in [4.78, 5) is 32.8. The minimum Gasteiger partial charge on any atom is -0.480 e. The fourth-order valence-corrected chi connectivity index (χ4v) is 1.86. The van der Waals surface area contributed by atoms with Crippen molar-refractivity contribution in [2.24, 2.45) is 5.73 Å². The summed E-state index contributed by atoms with van der Waals surface area (Å²) in [6, 6.07) is -1.74. The Kier molecular flexibility index (Phi) is 4.74. The number of nitrogens with two attached hydrogens (primary N) is 1. The van der Waals surface area contributed by atoms with E-state index in [1.807, 2.05) is 0 Å². The third kappa shape index (κ3) is 4.71. The molecule has 0 aromatic rings. The van der Waals surface area contributed by atoms with Crippen molar-refractivity contribution in [1.29, 1.82) is 0 Å². The average Bonchev–Trinajstić information content (AvgIpc) is 2.68. The Morgan fingerprint density at radius 2 is 1.88 bits per heavy atom. The van der Waals surface area contributed by atoms with E-state index in [2.05, 4.69) is 10.6 Å². The van der Waals surface area contributed by atoms with Gasteiger partial charge in [0.15, 0.2) is 0 Å². The van der Waals surface area contributed by atoms with Crippen LogP contribution in [0.3, 0.4) is 0 Å². The molecular weight excluding hydrogens is 226 g/mol. The van der Waals surface area contributed by atoms with Gasteiger partial charge in [-0.25, -0.2) is 9.59 Å². The zero-order valence-electron chi connectivity index (χ0n) is 9.44. The second-order valence-corrected chi connectivity index (χ2v) is 4.16. The molecule has 0 aliphatic heterocycles. The van der Waals surface area contributed by atoms with Gasteiger partial charge in [-0.15, -0.1) is 0 Å². The Bertz CT molecular complexity index is 313. The van der Waals surface area contributed by atoms with Gasteiger partial charge < -0.3 is 21.5 Å². The van der Waals surface area contributed by atoms with E-state index in [0.717, 1.165) is 25.7 Å². The van der Waals surface area contributed by atoms with Crippen molar-refractivity contribution < 1.29 is 19.5 Å². The van der Waals surface area contributed by atoms with Crippen LogP contribution in [-0.2, 0) is 9.59 Å². The third-order valence-corrected chi connectivity index (χ3v) is 2.70. The molecule has 0 bridgehead atoms. The highest BCUT2D eigenvalue weighted by Crippen LogP contribution is 2.17. The third-order valence-electron chi connectivity index (χ3n) is 2.70. The summed E-state index contributed by atoms with van der Waals surface area (Å²) < 4.78 is 0. The van der Waals surface area contributed by atoms with Gasteiger partial charge in [-0.1, -0.05) is 12.8 Å². The lowest BCUT2D eigenvalue weighted by atomic mass is 10.2. The first-order valence-corrected chi connectivity index (χ1v) is 5.57. The number of urea groups is 1. The SMILES string of the molecule is NC(=O)C[C@H](NC(=O)NC1CCCC1)C(=O)O. The van der Waals surface area contributed by atoms with E-state index in [9.17, 15) is 14.4 Å². The fraction of sp³-hybridized carbons (Fsp3) is 0.700. The van der Waals surface area contributed by atoms with E-state index in [-0.39, 0.29) is 6.04 Å². The van der Waals surface area contributed by atoms with Crippen molar-refractivity contribution >= 4 is 17.9 Å². The van der Waals surface area contributed by atoms with Gasteiger partial charge in [0, 0.05) is 6.04 Å². The van der Waals surface area contributed by atoms with Crippen LogP contribution in [0.25, 0.3) is 0 Å². The van der Waals surface area contributed by atoms with Crippen LogP contribution in [0.2, 0.25) is 0 Å². The average molecular weight is 243 g/mol. The van der Waals surface area contributed by atoms with Gasteiger partial charge in [0.2, 0.25) is 5.91 Å². The first kappa shape index (κ1) is 13.3. The van der Waals surface area contributed by atoms with Gasteiger partial charge in [0.1, 0.15) is 6.04 Å². The maximum Gasteiger partial charge on any atom is 0.326 e. The Labute approximate surface area is 98.7 Å². The topological polar surface area (TPSA) is 122 Å². The quantitative estimate of drug-likeness (QED) is 0.522. The zero-order valence-corrected chi connectivity index (χ0v) is 9.44. The zero-order chi connectivity index (χ0) is 12.8. The summed E-state index contributed by atoms with van der Waals surface area (Å²) in [6.45, 7) is 0. The van der Waals surface area contributed by atoms with E-state index in [1.165, 1.54) is 0 Å². The molecule has 7 heteroatoms. The summed E-state index contributed by atoms with van der Waals surface area (Å²) in [5, 5.41) is 13.7. The molecule has 0 aromatic carbocycles. The van der Waals surface area contributed by atoms with Crippen LogP contribution in [0.4, 0.5) is 4.79 Å². The molecular formula is C10H17N3O4. The molecule has 0 radical (unpaired) electrons. The largest absolute Gasteiger partial charge is 0.480 e. The Hall–Kier alpha value is -1.79. The molecule has 0 heterocycles. The van der Waals surface area contributed by atoms with Crippen LogP contribution in [-0.4, -0.2) is 35.1 Å². The lowest BCUT2D eigenvalue weighted by Gasteiger charge is -2.16. The van der Waals surface area contributed by atoms with Gasteiger partial charge in [-0.3, -0.25) is 4.79 Å². The number of carbonyl (C=O) groups is 3. The number of carbonyl (C=O) groups excluding carboxylic acids is 2. The van der Waals surface area contributed by atoms with Crippen LogP contribution in [0.5, 0.6) is 0 Å². The number of carboxylic acids is 1. The highest BCUT2D eigenvalue weighted by atomic mass is 16.4. The molecule has 0 unspecified atom stereocenters. The predicted octanol–water partition coefficient (Wildman–Crippen LogP) is -0.443. The van der Waals surface area contributed by atoms with Crippen molar-refractivity contribution in [3.05, 3.63) is 0 Å². The van der Waals surface area contributed by atoms with Crippen LogP contribution >= 0.6 is 0 Å². The summed E-state index contributed by atoms with van der Waals surface area (Å²) in [5.41, 5.74) is 4.90. The molecule has 5 N–H and O–H groups in total. The fourth-order valence-electron chi connectivity index (χ4n) is 1.86. The molecule has 3 amide bonds. The molecule has 0 saturated heterocycles. The van der Waals surface area contributed by atoms with Crippen LogP contribution in [0, 0.1) is 0 Å².